The Balaban J connectivity index is 2.13. The van der Waals surface area contributed by atoms with Crippen LogP contribution in [0.2, 0.25) is 0 Å². The number of carbonyl (C=O) groups is 1. The molecule has 0 spiro atoms. The van der Waals surface area contributed by atoms with Gasteiger partial charge in [-0.05, 0) is 12.1 Å². The molecule has 0 fully saturated rings. The van der Waals surface area contributed by atoms with Gasteiger partial charge in [-0.2, -0.15) is 0 Å². The van der Waals surface area contributed by atoms with Crippen molar-refractivity contribution >= 4 is 28.5 Å². The largest absolute Gasteiger partial charge is 0.451 e. The summed E-state index contributed by atoms with van der Waals surface area (Å²) in [7, 11) is 1.56. The maximum atomic E-state index is 11.9. The van der Waals surface area contributed by atoms with Gasteiger partial charge >= 0.3 is 0 Å². The van der Waals surface area contributed by atoms with E-state index in [0.29, 0.717) is 18.1 Å². The molecular formula is C13H14ClNO3. The van der Waals surface area contributed by atoms with Gasteiger partial charge in [0.2, 0.25) is 0 Å². The molecule has 0 saturated heterocycles. The third-order valence-electron chi connectivity index (χ3n) is 2.54. The summed E-state index contributed by atoms with van der Waals surface area (Å²) >= 11 is 5.73. The highest BCUT2D eigenvalue weighted by Gasteiger charge is 2.16. The minimum Gasteiger partial charge on any atom is -0.451 e. The molecular weight excluding hydrogens is 254 g/mol. The van der Waals surface area contributed by atoms with Crippen LogP contribution >= 0.6 is 11.6 Å². The molecule has 96 valence electrons. The second kappa shape index (κ2) is 5.89. The number of carbonyl (C=O) groups excluding carboxylic acids is 1. The van der Waals surface area contributed by atoms with Crippen molar-refractivity contribution in [1.82, 2.24) is 5.32 Å². The van der Waals surface area contributed by atoms with Gasteiger partial charge in [0.05, 0.1) is 12.6 Å². The van der Waals surface area contributed by atoms with Gasteiger partial charge in [-0.15, -0.1) is 11.6 Å². The standard InChI is InChI=1S/C13H14ClNO3/c1-17-8-10(7-14)15-13(16)12-6-9-4-2-3-5-11(9)18-12/h2-6,10H,7-8H2,1H3,(H,15,16). The van der Waals surface area contributed by atoms with E-state index in [1.807, 2.05) is 24.3 Å². The van der Waals surface area contributed by atoms with Crippen LogP contribution in [0, 0.1) is 0 Å². The van der Waals surface area contributed by atoms with Crippen LogP contribution in [0.4, 0.5) is 0 Å². The Morgan fingerprint density at radius 2 is 2.28 bits per heavy atom. The van der Waals surface area contributed by atoms with E-state index in [4.69, 9.17) is 20.8 Å². The van der Waals surface area contributed by atoms with Crippen LogP contribution in [-0.2, 0) is 4.74 Å². The van der Waals surface area contributed by atoms with Crippen molar-refractivity contribution in [2.45, 2.75) is 6.04 Å². The number of ether oxygens (including phenoxy) is 1. The van der Waals surface area contributed by atoms with Crippen molar-refractivity contribution in [1.29, 1.82) is 0 Å². The quantitative estimate of drug-likeness (QED) is 0.847. The van der Waals surface area contributed by atoms with Crippen LogP contribution in [0.15, 0.2) is 34.7 Å². The highest BCUT2D eigenvalue weighted by atomic mass is 35.5. The van der Waals surface area contributed by atoms with E-state index in [2.05, 4.69) is 5.32 Å². The smallest absolute Gasteiger partial charge is 0.287 e. The zero-order valence-corrected chi connectivity index (χ0v) is 10.7. The van der Waals surface area contributed by atoms with Gasteiger partial charge in [-0.25, -0.2) is 0 Å². The van der Waals surface area contributed by atoms with Crippen LogP contribution in [-0.4, -0.2) is 31.5 Å². The highest BCUT2D eigenvalue weighted by Crippen LogP contribution is 2.18. The molecule has 0 bridgehead atoms. The molecule has 0 aliphatic heterocycles. The van der Waals surface area contributed by atoms with E-state index in [9.17, 15) is 4.79 Å². The molecule has 1 atom stereocenters. The van der Waals surface area contributed by atoms with Gasteiger partial charge in [0.1, 0.15) is 5.58 Å². The molecule has 1 N–H and O–H groups in total. The lowest BCUT2D eigenvalue weighted by Gasteiger charge is -2.13. The third kappa shape index (κ3) is 2.83. The first-order chi connectivity index (χ1) is 8.74. The minimum atomic E-state index is -0.283. The summed E-state index contributed by atoms with van der Waals surface area (Å²) < 4.78 is 10.4. The zero-order chi connectivity index (χ0) is 13.0. The van der Waals surface area contributed by atoms with E-state index in [0.717, 1.165) is 5.39 Å². The first-order valence-corrected chi connectivity index (χ1v) is 6.12. The number of nitrogens with one attached hydrogen (secondary N) is 1. The second-order valence-corrected chi connectivity index (χ2v) is 4.24. The number of hydrogen-bond acceptors (Lipinski definition) is 3. The fourth-order valence-electron chi connectivity index (χ4n) is 1.68. The zero-order valence-electron chi connectivity index (χ0n) is 9.98. The first-order valence-electron chi connectivity index (χ1n) is 5.59. The molecule has 0 aliphatic rings. The molecule has 0 aliphatic carbocycles. The number of rotatable bonds is 5. The molecule has 1 aromatic heterocycles. The van der Waals surface area contributed by atoms with E-state index < -0.39 is 0 Å². The number of furan rings is 1. The van der Waals surface area contributed by atoms with Gasteiger partial charge in [-0.3, -0.25) is 4.79 Å². The Labute approximate surface area is 110 Å². The summed E-state index contributed by atoms with van der Waals surface area (Å²) in [6, 6.07) is 8.95. The van der Waals surface area contributed by atoms with E-state index in [-0.39, 0.29) is 17.7 Å². The van der Waals surface area contributed by atoms with Crippen molar-refractivity contribution in [3.8, 4) is 0 Å². The Morgan fingerprint density at radius 3 is 2.94 bits per heavy atom. The molecule has 2 rings (SSSR count). The van der Waals surface area contributed by atoms with Gasteiger partial charge in [0.15, 0.2) is 5.76 Å². The lowest BCUT2D eigenvalue weighted by atomic mass is 10.2. The average Bonchev–Trinajstić information content (AvgIpc) is 2.82. The predicted molar refractivity (Wildman–Crippen MR) is 70.1 cm³/mol. The normalized spacial score (nSPS) is 12.6. The predicted octanol–water partition coefficient (Wildman–Crippen LogP) is 2.42. The van der Waals surface area contributed by atoms with Crippen molar-refractivity contribution in [2.24, 2.45) is 0 Å². The van der Waals surface area contributed by atoms with Crippen molar-refractivity contribution < 1.29 is 13.9 Å². The molecule has 1 aromatic carbocycles. The van der Waals surface area contributed by atoms with Crippen LogP contribution in [0.5, 0.6) is 0 Å². The van der Waals surface area contributed by atoms with Gasteiger partial charge in [-0.1, -0.05) is 18.2 Å². The van der Waals surface area contributed by atoms with Crippen LogP contribution in [0.3, 0.4) is 0 Å². The Hall–Kier alpha value is -1.52. The summed E-state index contributed by atoms with van der Waals surface area (Å²) in [5, 5.41) is 3.66. The summed E-state index contributed by atoms with van der Waals surface area (Å²) in [6.45, 7) is 0.371. The van der Waals surface area contributed by atoms with Gasteiger partial charge < -0.3 is 14.5 Å². The van der Waals surface area contributed by atoms with Crippen LogP contribution in [0.25, 0.3) is 11.0 Å². The number of fused-ring (bicyclic) bond motifs is 1. The molecule has 2 aromatic rings. The van der Waals surface area contributed by atoms with Crippen LogP contribution < -0.4 is 5.32 Å². The third-order valence-corrected chi connectivity index (χ3v) is 2.91. The summed E-state index contributed by atoms with van der Waals surface area (Å²) in [5.74, 6) is 0.288. The SMILES string of the molecule is COCC(CCl)NC(=O)c1cc2ccccc2o1. The van der Waals surface area contributed by atoms with Crippen molar-refractivity contribution in [3.63, 3.8) is 0 Å². The molecule has 0 saturated carbocycles. The number of methoxy groups -OCH3 is 1. The second-order valence-electron chi connectivity index (χ2n) is 3.93. The van der Waals surface area contributed by atoms with E-state index in [1.54, 1.807) is 13.2 Å². The Kier molecular flexibility index (Phi) is 4.23. The summed E-state index contributed by atoms with van der Waals surface area (Å²) in [4.78, 5) is 11.9. The van der Waals surface area contributed by atoms with Gasteiger partial charge in [0, 0.05) is 18.4 Å². The first kappa shape index (κ1) is 12.9. The monoisotopic (exact) mass is 267 g/mol. The van der Waals surface area contributed by atoms with E-state index >= 15 is 0 Å². The molecule has 0 radical (unpaired) electrons. The lowest BCUT2D eigenvalue weighted by molar-refractivity contribution is 0.0881. The maximum Gasteiger partial charge on any atom is 0.287 e. The van der Waals surface area contributed by atoms with E-state index in [1.165, 1.54) is 0 Å². The maximum absolute atomic E-state index is 11.9. The number of hydrogen-bond donors (Lipinski definition) is 1. The molecule has 1 amide bonds. The van der Waals surface area contributed by atoms with Gasteiger partial charge in [0.25, 0.3) is 5.91 Å². The highest BCUT2D eigenvalue weighted by molar-refractivity contribution is 6.18. The number of amides is 1. The topological polar surface area (TPSA) is 51.5 Å². The average molecular weight is 268 g/mol. The Bertz CT molecular complexity index is 505. The summed E-state index contributed by atoms with van der Waals surface area (Å²) in [5.41, 5.74) is 0.691. The fourth-order valence-corrected chi connectivity index (χ4v) is 1.84. The number of benzene rings is 1. The fraction of sp³-hybridized carbons (Fsp3) is 0.308. The molecule has 18 heavy (non-hydrogen) atoms. The summed E-state index contributed by atoms with van der Waals surface area (Å²) in [6.07, 6.45) is 0. The Morgan fingerprint density at radius 1 is 1.50 bits per heavy atom. The number of para-hydroxylation sites is 1. The number of halogens is 1. The molecule has 1 heterocycles. The molecule has 1 unspecified atom stereocenters. The molecule has 4 nitrogen and oxygen atoms in total. The lowest BCUT2D eigenvalue weighted by Crippen LogP contribution is -2.39. The van der Waals surface area contributed by atoms with Crippen molar-refractivity contribution in [2.75, 3.05) is 19.6 Å². The van der Waals surface area contributed by atoms with Crippen LogP contribution in [0.1, 0.15) is 10.6 Å². The number of alkyl halides is 1. The molecule has 5 heteroatoms. The minimum absolute atomic E-state index is 0.225. The van der Waals surface area contributed by atoms with Crippen molar-refractivity contribution in [3.05, 3.63) is 36.1 Å².